The summed E-state index contributed by atoms with van der Waals surface area (Å²) in [4.78, 5) is 11.7. The number of benzene rings is 1. The van der Waals surface area contributed by atoms with Crippen molar-refractivity contribution < 1.29 is 14.3 Å². The van der Waals surface area contributed by atoms with Crippen molar-refractivity contribution in [1.82, 2.24) is 0 Å². The van der Waals surface area contributed by atoms with E-state index in [2.05, 4.69) is 6.92 Å². The molecule has 2 atom stereocenters. The van der Waals surface area contributed by atoms with Gasteiger partial charge in [-0.3, -0.25) is 0 Å². The molecule has 98 valence electrons. The summed E-state index contributed by atoms with van der Waals surface area (Å²) in [5.74, 6) is -0.262. The summed E-state index contributed by atoms with van der Waals surface area (Å²) >= 11 is 0. The van der Waals surface area contributed by atoms with Gasteiger partial charge in [0.2, 0.25) is 6.29 Å². The second-order valence-electron chi connectivity index (χ2n) is 4.64. The molecule has 3 heteroatoms. The van der Waals surface area contributed by atoms with Gasteiger partial charge in [-0.05, 0) is 12.0 Å². The lowest BCUT2D eigenvalue weighted by molar-refractivity contribution is -0.144. The van der Waals surface area contributed by atoms with Gasteiger partial charge in [-0.1, -0.05) is 56.5 Å². The Morgan fingerprint density at radius 2 is 1.89 bits per heavy atom. The van der Waals surface area contributed by atoms with Gasteiger partial charge in [0, 0.05) is 6.42 Å². The van der Waals surface area contributed by atoms with Crippen molar-refractivity contribution in [3.05, 3.63) is 35.9 Å². The Kier molecular flexibility index (Phi) is 4.76. The van der Waals surface area contributed by atoms with Crippen molar-refractivity contribution in [2.45, 2.75) is 51.4 Å². The van der Waals surface area contributed by atoms with Gasteiger partial charge in [0.1, 0.15) is 0 Å². The molecule has 0 amide bonds. The third-order valence-corrected chi connectivity index (χ3v) is 3.15. The summed E-state index contributed by atoms with van der Waals surface area (Å²) in [7, 11) is 0. The Bertz CT molecular complexity index is 375. The number of hydrogen-bond donors (Lipinski definition) is 0. The summed E-state index contributed by atoms with van der Waals surface area (Å²) in [5.41, 5.74) is 0.874. The minimum absolute atomic E-state index is 0.262. The van der Waals surface area contributed by atoms with E-state index < -0.39 is 6.10 Å². The van der Waals surface area contributed by atoms with E-state index in [1.54, 1.807) is 0 Å². The molecule has 0 bridgehead atoms. The zero-order chi connectivity index (χ0) is 12.8. The van der Waals surface area contributed by atoms with E-state index in [0.717, 1.165) is 18.4 Å². The van der Waals surface area contributed by atoms with Crippen LogP contribution in [0.15, 0.2) is 30.3 Å². The molecule has 1 fully saturated rings. The van der Waals surface area contributed by atoms with Crippen LogP contribution in [0.3, 0.4) is 0 Å². The first-order chi connectivity index (χ1) is 8.81. The van der Waals surface area contributed by atoms with E-state index in [4.69, 9.17) is 9.47 Å². The van der Waals surface area contributed by atoms with Crippen molar-refractivity contribution in [2.24, 2.45) is 0 Å². The number of rotatable bonds is 6. The van der Waals surface area contributed by atoms with Gasteiger partial charge in [-0.2, -0.15) is 0 Å². The highest BCUT2D eigenvalue weighted by Gasteiger charge is 2.35. The maximum Gasteiger partial charge on any atom is 0.342 e. The third-order valence-electron chi connectivity index (χ3n) is 3.15. The minimum atomic E-state index is -0.539. The molecule has 0 spiro atoms. The zero-order valence-electron chi connectivity index (χ0n) is 10.8. The molecule has 0 radical (unpaired) electrons. The summed E-state index contributed by atoms with van der Waals surface area (Å²) in [6, 6.07) is 9.52. The van der Waals surface area contributed by atoms with Crippen molar-refractivity contribution in [3.8, 4) is 0 Å². The van der Waals surface area contributed by atoms with Crippen LogP contribution >= 0.6 is 0 Å². The lowest BCUT2D eigenvalue weighted by Gasteiger charge is -2.09. The van der Waals surface area contributed by atoms with Crippen molar-refractivity contribution in [2.75, 3.05) is 0 Å². The maximum absolute atomic E-state index is 11.7. The highest BCUT2D eigenvalue weighted by atomic mass is 16.7. The largest absolute Gasteiger partial charge is 0.434 e. The van der Waals surface area contributed by atoms with Crippen molar-refractivity contribution >= 4 is 5.97 Å². The lowest BCUT2D eigenvalue weighted by Crippen LogP contribution is -2.07. The second kappa shape index (κ2) is 6.55. The number of ether oxygens (including phenoxy) is 2. The molecule has 1 saturated heterocycles. The first-order valence-corrected chi connectivity index (χ1v) is 6.72. The van der Waals surface area contributed by atoms with Crippen LogP contribution in [0.4, 0.5) is 0 Å². The van der Waals surface area contributed by atoms with Gasteiger partial charge in [0.05, 0.1) is 0 Å². The molecule has 0 N–H and O–H groups in total. The quantitative estimate of drug-likeness (QED) is 0.570. The van der Waals surface area contributed by atoms with Crippen LogP contribution in [0.1, 0.15) is 50.7 Å². The molecule has 0 aliphatic carbocycles. The summed E-state index contributed by atoms with van der Waals surface area (Å²) in [6.45, 7) is 2.18. The molecule has 1 aromatic rings. The van der Waals surface area contributed by atoms with E-state index >= 15 is 0 Å². The highest BCUT2D eigenvalue weighted by Crippen LogP contribution is 2.29. The average Bonchev–Trinajstić information content (AvgIpc) is 2.77. The van der Waals surface area contributed by atoms with Gasteiger partial charge < -0.3 is 9.47 Å². The standard InChI is InChI=1S/C15H20O3/c1-2-3-4-8-11-13-17-14(15(16)18-13)12-9-6-5-7-10-12/h5-7,9-10,13-14H,2-4,8,11H2,1H3/t13-,14-/m1/s1. The lowest BCUT2D eigenvalue weighted by atomic mass is 10.1. The monoisotopic (exact) mass is 248 g/mol. The van der Waals surface area contributed by atoms with Gasteiger partial charge in [-0.25, -0.2) is 4.79 Å². The minimum Gasteiger partial charge on any atom is -0.434 e. The van der Waals surface area contributed by atoms with Gasteiger partial charge in [-0.15, -0.1) is 0 Å². The summed E-state index contributed by atoms with van der Waals surface area (Å²) in [5, 5.41) is 0. The van der Waals surface area contributed by atoms with Crippen LogP contribution in [-0.2, 0) is 14.3 Å². The van der Waals surface area contributed by atoms with E-state index in [9.17, 15) is 4.79 Å². The van der Waals surface area contributed by atoms with Crippen LogP contribution in [0.25, 0.3) is 0 Å². The second-order valence-corrected chi connectivity index (χ2v) is 4.64. The van der Waals surface area contributed by atoms with Crippen molar-refractivity contribution in [3.63, 3.8) is 0 Å². The Morgan fingerprint density at radius 1 is 1.11 bits per heavy atom. The molecule has 18 heavy (non-hydrogen) atoms. The third kappa shape index (κ3) is 3.33. The van der Waals surface area contributed by atoms with Gasteiger partial charge >= 0.3 is 5.97 Å². The summed E-state index contributed by atoms with van der Waals surface area (Å²) < 4.78 is 10.9. The molecule has 1 aliphatic heterocycles. The van der Waals surface area contributed by atoms with Crippen LogP contribution in [0.5, 0.6) is 0 Å². The van der Waals surface area contributed by atoms with Gasteiger partial charge in [0.25, 0.3) is 0 Å². The Balaban J connectivity index is 1.84. The first-order valence-electron chi connectivity index (χ1n) is 6.72. The number of carbonyl (C=O) groups excluding carboxylic acids is 1. The van der Waals surface area contributed by atoms with Crippen molar-refractivity contribution in [1.29, 1.82) is 0 Å². The van der Waals surface area contributed by atoms with E-state index in [-0.39, 0.29) is 12.3 Å². The molecular weight excluding hydrogens is 228 g/mol. The Labute approximate surface area is 108 Å². The first kappa shape index (κ1) is 13.1. The molecule has 1 aromatic carbocycles. The van der Waals surface area contributed by atoms with Crippen LogP contribution in [0.2, 0.25) is 0 Å². The molecule has 1 aliphatic rings. The number of esters is 1. The number of cyclic esters (lactones) is 1. The fourth-order valence-corrected chi connectivity index (χ4v) is 2.13. The van der Waals surface area contributed by atoms with E-state index in [0.29, 0.717) is 0 Å². The van der Waals surface area contributed by atoms with Gasteiger partial charge in [0.15, 0.2) is 6.10 Å². The molecule has 2 rings (SSSR count). The van der Waals surface area contributed by atoms with E-state index in [1.165, 1.54) is 19.3 Å². The van der Waals surface area contributed by atoms with Crippen LogP contribution in [0, 0.1) is 0 Å². The molecule has 1 heterocycles. The van der Waals surface area contributed by atoms with E-state index in [1.807, 2.05) is 30.3 Å². The normalized spacial score (nSPS) is 23.1. The number of hydrogen-bond acceptors (Lipinski definition) is 3. The highest BCUT2D eigenvalue weighted by molar-refractivity contribution is 5.77. The Hall–Kier alpha value is -1.35. The number of unbranched alkanes of at least 4 members (excludes halogenated alkanes) is 3. The SMILES string of the molecule is CCCCCC[C@H]1OC(=O)[C@@H](c2ccccc2)O1. The van der Waals surface area contributed by atoms with Crippen LogP contribution in [-0.4, -0.2) is 12.3 Å². The maximum atomic E-state index is 11.7. The molecule has 0 aromatic heterocycles. The molecule has 3 nitrogen and oxygen atoms in total. The smallest absolute Gasteiger partial charge is 0.342 e. The average molecular weight is 248 g/mol. The Morgan fingerprint density at radius 3 is 2.61 bits per heavy atom. The number of carbonyl (C=O) groups is 1. The fourth-order valence-electron chi connectivity index (χ4n) is 2.13. The molecule has 0 saturated carbocycles. The molecule has 0 unspecified atom stereocenters. The molecular formula is C15H20O3. The van der Waals surface area contributed by atoms with Crippen LogP contribution < -0.4 is 0 Å². The topological polar surface area (TPSA) is 35.5 Å². The summed E-state index contributed by atoms with van der Waals surface area (Å²) in [6.07, 6.45) is 4.55. The zero-order valence-corrected chi connectivity index (χ0v) is 10.8. The predicted octanol–water partition coefficient (Wildman–Crippen LogP) is 3.60. The predicted molar refractivity (Wildman–Crippen MR) is 68.9 cm³/mol. The fraction of sp³-hybridized carbons (Fsp3) is 0.533.